The number of aryl methyl sites for hydroxylation is 3. The van der Waals surface area contributed by atoms with Crippen LogP contribution < -0.4 is 5.32 Å². The van der Waals surface area contributed by atoms with E-state index in [-0.39, 0.29) is 11.7 Å². The predicted molar refractivity (Wildman–Crippen MR) is 92.5 cm³/mol. The van der Waals surface area contributed by atoms with Crippen LogP contribution in [0.4, 0.5) is 10.1 Å². The number of amides is 1. The molecule has 0 saturated heterocycles. The van der Waals surface area contributed by atoms with Crippen LogP contribution in [0, 0.1) is 19.7 Å². The smallest absolute Gasteiger partial charge is 0.273 e. The van der Waals surface area contributed by atoms with Crippen molar-refractivity contribution >= 4 is 11.6 Å². The van der Waals surface area contributed by atoms with E-state index in [2.05, 4.69) is 10.4 Å². The molecule has 4 nitrogen and oxygen atoms in total. The minimum atomic E-state index is -0.303. The number of hydrogen-bond acceptors (Lipinski definition) is 2. The number of hydrogen-bond donors (Lipinski definition) is 1. The van der Waals surface area contributed by atoms with E-state index in [1.165, 1.54) is 22.4 Å². The third-order valence-corrected chi connectivity index (χ3v) is 4.02. The molecule has 0 atom stereocenters. The quantitative estimate of drug-likeness (QED) is 0.789. The number of aromatic nitrogens is 2. The summed E-state index contributed by atoms with van der Waals surface area (Å²) in [5.41, 5.74) is 4.86. The summed E-state index contributed by atoms with van der Waals surface area (Å²) in [4.78, 5) is 12.5. The molecule has 0 unspecified atom stereocenters. The van der Waals surface area contributed by atoms with E-state index < -0.39 is 0 Å². The molecule has 24 heavy (non-hydrogen) atoms. The van der Waals surface area contributed by atoms with Crippen molar-refractivity contribution < 1.29 is 9.18 Å². The summed E-state index contributed by atoms with van der Waals surface area (Å²) < 4.78 is 14.6. The predicted octanol–water partition coefficient (Wildman–Crippen LogP) is 4.10. The van der Waals surface area contributed by atoms with Gasteiger partial charge in [0.1, 0.15) is 11.5 Å². The molecule has 1 amide bonds. The van der Waals surface area contributed by atoms with Crippen molar-refractivity contribution in [1.82, 2.24) is 9.78 Å². The molecule has 0 aliphatic carbocycles. The Hall–Kier alpha value is -2.95. The van der Waals surface area contributed by atoms with Gasteiger partial charge in [0, 0.05) is 18.3 Å². The van der Waals surface area contributed by atoms with Gasteiger partial charge in [0.25, 0.3) is 5.91 Å². The van der Waals surface area contributed by atoms with Crippen LogP contribution in [0.15, 0.2) is 48.5 Å². The van der Waals surface area contributed by atoms with Gasteiger partial charge in [-0.05, 0) is 67.4 Å². The standard InChI is InChI=1S/C19H18FN3O/c1-12-4-9-16(10-13(12)2)21-19(24)18-11-17(22-23(18)3)14-5-7-15(20)8-6-14/h4-11H,1-3H3,(H,21,24). The molecule has 122 valence electrons. The lowest BCUT2D eigenvalue weighted by Gasteiger charge is -2.07. The van der Waals surface area contributed by atoms with Crippen LogP contribution in [0.2, 0.25) is 0 Å². The van der Waals surface area contributed by atoms with Crippen LogP contribution in [0.25, 0.3) is 11.3 Å². The van der Waals surface area contributed by atoms with Gasteiger partial charge >= 0.3 is 0 Å². The Morgan fingerprint density at radius 1 is 1.04 bits per heavy atom. The molecule has 0 saturated carbocycles. The molecule has 5 heteroatoms. The molecule has 0 spiro atoms. The van der Waals surface area contributed by atoms with Gasteiger partial charge in [-0.15, -0.1) is 0 Å². The lowest BCUT2D eigenvalue weighted by molar-refractivity contribution is 0.101. The Morgan fingerprint density at radius 3 is 2.42 bits per heavy atom. The second kappa shape index (κ2) is 6.28. The number of nitrogens with zero attached hydrogens (tertiary/aromatic N) is 2. The fraction of sp³-hybridized carbons (Fsp3) is 0.158. The first-order chi connectivity index (χ1) is 11.4. The minimum Gasteiger partial charge on any atom is -0.321 e. The summed E-state index contributed by atoms with van der Waals surface area (Å²) in [5, 5.41) is 7.22. The third kappa shape index (κ3) is 3.20. The minimum absolute atomic E-state index is 0.235. The largest absolute Gasteiger partial charge is 0.321 e. The van der Waals surface area contributed by atoms with E-state index >= 15 is 0 Å². The number of carbonyl (C=O) groups is 1. The van der Waals surface area contributed by atoms with Crippen LogP contribution in [0.5, 0.6) is 0 Å². The van der Waals surface area contributed by atoms with Crippen molar-refractivity contribution in [2.45, 2.75) is 13.8 Å². The van der Waals surface area contributed by atoms with Gasteiger partial charge in [0.15, 0.2) is 0 Å². The van der Waals surface area contributed by atoms with Crippen molar-refractivity contribution in [3.63, 3.8) is 0 Å². The molecular formula is C19H18FN3O. The number of nitrogens with one attached hydrogen (secondary N) is 1. The van der Waals surface area contributed by atoms with Crippen LogP contribution in [0.3, 0.4) is 0 Å². The van der Waals surface area contributed by atoms with E-state index in [9.17, 15) is 9.18 Å². The normalized spacial score (nSPS) is 10.7. The zero-order valence-corrected chi connectivity index (χ0v) is 13.8. The Morgan fingerprint density at radius 2 is 1.75 bits per heavy atom. The number of rotatable bonds is 3. The summed E-state index contributed by atoms with van der Waals surface area (Å²) in [6, 6.07) is 13.5. The molecule has 3 aromatic rings. The zero-order valence-electron chi connectivity index (χ0n) is 13.8. The summed E-state index contributed by atoms with van der Waals surface area (Å²) in [6.07, 6.45) is 0. The lowest BCUT2D eigenvalue weighted by Crippen LogP contribution is -2.16. The molecule has 0 fully saturated rings. The lowest BCUT2D eigenvalue weighted by atomic mass is 10.1. The first-order valence-corrected chi connectivity index (χ1v) is 7.62. The van der Waals surface area contributed by atoms with Crippen LogP contribution in [-0.4, -0.2) is 15.7 Å². The topological polar surface area (TPSA) is 46.9 Å². The molecule has 0 aliphatic heterocycles. The summed E-state index contributed by atoms with van der Waals surface area (Å²) in [7, 11) is 1.71. The van der Waals surface area contributed by atoms with Crippen LogP contribution in [-0.2, 0) is 7.05 Å². The molecule has 1 aromatic heterocycles. The molecule has 0 bridgehead atoms. The zero-order chi connectivity index (χ0) is 17.3. The Balaban J connectivity index is 1.85. The monoisotopic (exact) mass is 323 g/mol. The van der Waals surface area contributed by atoms with Gasteiger partial charge in [-0.1, -0.05) is 6.07 Å². The SMILES string of the molecule is Cc1ccc(NC(=O)c2cc(-c3ccc(F)cc3)nn2C)cc1C. The van der Waals surface area contributed by atoms with Crippen molar-refractivity contribution in [3.05, 3.63) is 71.2 Å². The molecule has 0 radical (unpaired) electrons. The van der Waals surface area contributed by atoms with E-state index in [4.69, 9.17) is 0 Å². The van der Waals surface area contributed by atoms with Crippen molar-refractivity contribution in [1.29, 1.82) is 0 Å². The maximum absolute atomic E-state index is 13.0. The van der Waals surface area contributed by atoms with Gasteiger partial charge in [0.2, 0.25) is 0 Å². The van der Waals surface area contributed by atoms with Crippen molar-refractivity contribution in [2.75, 3.05) is 5.32 Å². The number of benzene rings is 2. The Kier molecular flexibility index (Phi) is 4.16. The molecule has 1 heterocycles. The number of carbonyl (C=O) groups excluding carboxylic acids is 1. The Labute approximate surface area is 139 Å². The van der Waals surface area contributed by atoms with E-state index in [0.717, 1.165) is 16.8 Å². The third-order valence-electron chi connectivity index (χ3n) is 4.02. The second-order valence-electron chi connectivity index (χ2n) is 5.80. The van der Waals surface area contributed by atoms with Gasteiger partial charge < -0.3 is 5.32 Å². The highest BCUT2D eigenvalue weighted by Crippen LogP contribution is 2.20. The van der Waals surface area contributed by atoms with Crippen molar-refractivity contribution in [2.24, 2.45) is 7.05 Å². The molecule has 3 rings (SSSR count). The highest BCUT2D eigenvalue weighted by molar-refractivity contribution is 6.03. The molecule has 1 N–H and O–H groups in total. The molecule has 0 aliphatic rings. The van der Waals surface area contributed by atoms with E-state index in [1.54, 1.807) is 25.2 Å². The number of halogens is 1. The van der Waals surface area contributed by atoms with Gasteiger partial charge in [0.05, 0.1) is 5.69 Å². The van der Waals surface area contributed by atoms with Gasteiger partial charge in [-0.25, -0.2) is 4.39 Å². The van der Waals surface area contributed by atoms with Crippen molar-refractivity contribution in [3.8, 4) is 11.3 Å². The fourth-order valence-corrected chi connectivity index (χ4v) is 2.46. The number of anilines is 1. The molecular weight excluding hydrogens is 305 g/mol. The average molecular weight is 323 g/mol. The summed E-state index contributed by atoms with van der Waals surface area (Å²) in [5.74, 6) is -0.538. The first-order valence-electron chi connectivity index (χ1n) is 7.62. The van der Waals surface area contributed by atoms with Crippen LogP contribution >= 0.6 is 0 Å². The average Bonchev–Trinajstić information content (AvgIpc) is 2.93. The first kappa shape index (κ1) is 15.9. The van der Waals surface area contributed by atoms with Gasteiger partial charge in [-0.2, -0.15) is 5.10 Å². The fourth-order valence-electron chi connectivity index (χ4n) is 2.46. The highest BCUT2D eigenvalue weighted by Gasteiger charge is 2.15. The van der Waals surface area contributed by atoms with E-state index in [1.807, 2.05) is 32.0 Å². The maximum atomic E-state index is 13.0. The summed E-state index contributed by atoms with van der Waals surface area (Å²) in [6.45, 7) is 4.03. The summed E-state index contributed by atoms with van der Waals surface area (Å²) >= 11 is 0. The van der Waals surface area contributed by atoms with Crippen LogP contribution in [0.1, 0.15) is 21.6 Å². The maximum Gasteiger partial charge on any atom is 0.273 e. The van der Waals surface area contributed by atoms with E-state index in [0.29, 0.717) is 11.4 Å². The Bertz CT molecular complexity index is 897. The highest BCUT2D eigenvalue weighted by atomic mass is 19.1. The van der Waals surface area contributed by atoms with Gasteiger partial charge in [-0.3, -0.25) is 9.48 Å². The molecule has 2 aromatic carbocycles. The second-order valence-corrected chi connectivity index (χ2v) is 5.80.